The van der Waals surface area contributed by atoms with Crippen LogP contribution in [0.15, 0.2) is 54.6 Å². The first-order valence-electron chi connectivity index (χ1n) is 7.52. The molecule has 1 heterocycles. The highest BCUT2D eigenvalue weighted by molar-refractivity contribution is 7.85. The minimum atomic E-state index is -3.67. The van der Waals surface area contributed by atoms with E-state index in [1.165, 1.54) is 0 Å². The summed E-state index contributed by atoms with van der Waals surface area (Å²) in [6.07, 6.45) is 0.715. The standard InChI is InChI=1S/C15H10ClNO2.CH5N3.CH4O3S/c16-11-6-7-13-10(8-11)9-14(15(18)19)17(13)12-4-2-1-3-5-12;2-1(3)4;1-5(2,3)4/h1-9H,(H,18,19);(H5,2,3,4);1H3,(H,2,3,4). The normalized spacial score (nSPS) is 10.2. The second-order valence-electron chi connectivity index (χ2n) is 5.40. The maximum Gasteiger partial charge on any atom is 0.352 e. The van der Waals surface area contributed by atoms with Gasteiger partial charge in [-0.1, -0.05) is 29.8 Å². The van der Waals surface area contributed by atoms with E-state index in [0.29, 0.717) is 11.3 Å². The summed E-state index contributed by atoms with van der Waals surface area (Å²) in [4.78, 5) is 11.4. The van der Waals surface area contributed by atoms with Crippen LogP contribution in [0.1, 0.15) is 10.5 Å². The number of nitrogens with zero attached hydrogens (tertiary/aromatic N) is 1. The number of halogens is 1. The van der Waals surface area contributed by atoms with Crippen molar-refractivity contribution in [2.24, 2.45) is 11.5 Å². The smallest absolute Gasteiger partial charge is 0.352 e. The molecular formula is C17H19ClN4O5S. The fraction of sp³-hybridized carbons (Fsp3) is 0.0588. The van der Waals surface area contributed by atoms with Gasteiger partial charge in [0.15, 0.2) is 5.96 Å². The van der Waals surface area contributed by atoms with Crippen molar-refractivity contribution in [2.75, 3.05) is 6.26 Å². The highest BCUT2D eigenvalue weighted by Gasteiger charge is 2.15. The lowest BCUT2D eigenvalue weighted by atomic mass is 10.2. The SMILES string of the molecule is CS(=O)(=O)O.N=C(N)N.O=C(O)c1cc2cc(Cl)ccc2n1-c1ccccc1. The molecule has 0 spiro atoms. The van der Waals surface area contributed by atoms with Crippen LogP contribution in [0, 0.1) is 5.41 Å². The molecule has 3 aromatic rings. The van der Waals surface area contributed by atoms with Crippen LogP contribution in [0.25, 0.3) is 16.6 Å². The van der Waals surface area contributed by atoms with Crippen molar-refractivity contribution < 1.29 is 22.9 Å². The molecule has 0 bridgehead atoms. The van der Waals surface area contributed by atoms with Crippen molar-refractivity contribution in [3.8, 4) is 5.69 Å². The number of hydrogen-bond acceptors (Lipinski definition) is 4. The lowest BCUT2D eigenvalue weighted by molar-refractivity contribution is 0.0688. The van der Waals surface area contributed by atoms with Crippen LogP contribution < -0.4 is 11.5 Å². The van der Waals surface area contributed by atoms with Gasteiger partial charge >= 0.3 is 5.97 Å². The van der Waals surface area contributed by atoms with E-state index < -0.39 is 16.1 Å². The summed E-state index contributed by atoms with van der Waals surface area (Å²) >= 11 is 5.95. The molecule has 7 N–H and O–H groups in total. The average Bonchev–Trinajstić information content (AvgIpc) is 2.92. The molecule has 1 aromatic heterocycles. The zero-order chi connectivity index (χ0) is 21.5. The number of aromatic carboxylic acids is 1. The number of fused-ring (bicyclic) bond motifs is 1. The number of hydrogen-bond donors (Lipinski definition) is 5. The summed E-state index contributed by atoms with van der Waals surface area (Å²) in [6.45, 7) is 0. The third-order valence-electron chi connectivity index (χ3n) is 3.00. The first-order valence-corrected chi connectivity index (χ1v) is 9.74. The zero-order valence-electron chi connectivity index (χ0n) is 14.7. The van der Waals surface area contributed by atoms with E-state index in [1.807, 2.05) is 36.4 Å². The number of nitrogens with one attached hydrogen (secondary N) is 1. The number of nitrogens with two attached hydrogens (primary N) is 2. The van der Waals surface area contributed by atoms with Crippen LogP contribution in [-0.2, 0) is 10.1 Å². The summed E-state index contributed by atoms with van der Waals surface area (Å²) in [5, 5.41) is 16.8. The molecule has 0 aliphatic heterocycles. The molecule has 0 saturated heterocycles. The van der Waals surface area contributed by atoms with Gasteiger partial charge < -0.3 is 21.1 Å². The number of rotatable bonds is 2. The Balaban J connectivity index is 0.000000369. The summed E-state index contributed by atoms with van der Waals surface area (Å²) < 4.78 is 27.6. The minimum Gasteiger partial charge on any atom is -0.477 e. The molecule has 0 atom stereocenters. The average molecular weight is 427 g/mol. The number of aromatic nitrogens is 1. The molecule has 0 aliphatic rings. The Morgan fingerprint density at radius 3 is 2.07 bits per heavy atom. The number of benzene rings is 2. The van der Waals surface area contributed by atoms with Crippen LogP contribution in [0.4, 0.5) is 0 Å². The van der Waals surface area contributed by atoms with Crippen LogP contribution in [0.2, 0.25) is 5.02 Å². The molecule has 0 radical (unpaired) electrons. The highest BCUT2D eigenvalue weighted by atomic mass is 35.5. The number of para-hydroxylation sites is 1. The van der Waals surface area contributed by atoms with Gasteiger partial charge in [-0.05, 0) is 36.4 Å². The molecule has 0 saturated carbocycles. The quantitative estimate of drug-likeness (QED) is 0.237. The van der Waals surface area contributed by atoms with Gasteiger partial charge in [-0.3, -0.25) is 9.96 Å². The Morgan fingerprint density at radius 2 is 1.61 bits per heavy atom. The van der Waals surface area contributed by atoms with Gasteiger partial charge in [0.05, 0.1) is 11.8 Å². The fourth-order valence-corrected chi connectivity index (χ4v) is 2.38. The predicted molar refractivity (Wildman–Crippen MR) is 109 cm³/mol. The lowest BCUT2D eigenvalue weighted by Gasteiger charge is -2.08. The monoisotopic (exact) mass is 426 g/mol. The summed E-state index contributed by atoms with van der Waals surface area (Å²) in [6, 6.07) is 16.4. The van der Waals surface area contributed by atoms with E-state index in [0.717, 1.165) is 16.6 Å². The third kappa shape index (κ3) is 7.66. The van der Waals surface area contributed by atoms with Crippen molar-refractivity contribution in [1.82, 2.24) is 4.57 Å². The van der Waals surface area contributed by atoms with E-state index in [9.17, 15) is 18.3 Å². The Hall–Kier alpha value is -3.08. The molecule has 2 aromatic carbocycles. The van der Waals surface area contributed by atoms with Gasteiger partial charge in [-0.15, -0.1) is 0 Å². The Bertz CT molecular complexity index is 1070. The van der Waals surface area contributed by atoms with Crippen molar-refractivity contribution in [1.29, 1.82) is 5.41 Å². The molecule has 11 heteroatoms. The first kappa shape index (κ1) is 23.0. The molecule has 0 fully saturated rings. The number of guanidine groups is 1. The zero-order valence-corrected chi connectivity index (χ0v) is 16.3. The van der Waals surface area contributed by atoms with Crippen molar-refractivity contribution in [2.45, 2.75) is 0 Å². The van der Waals surface area contributed by atoms with Gasteiger partial charge in [-0.2, -0.15) is 8.42 Å². The molecule has 0 unspecified atom stereocenters. The number of carbonyl (C=O) groups is 1. The van der Waals surface area contributed by atoms with E-state index >= 15 is 0 Å². The second-order valence-corrected chi connectivity index (χ2v) is 7.30. The highest BCUT2D eigenvalue weighted by Crippen LogP contribution is 2.26. The molecule has 150 valence electrons. The lowest BCUT2D eigenvalue weighted by Crippen LogP contribution is -2.20. The van der Waals surface area contributed by atoms with E-state index in [1.54, 1.807) is 22.8 Å². The Morgan fingerprint density at radius 1 is 1.11 bits per heavy atom. The van der Waals surface area contributed by atoms with Gasteiger partial charge in [0, 0.05) is 16.1 Å². The first-order chi connectivity index (χ1) is 12.9. The van der Waals surface area contributed by atoms with Crippen molar-refractivity contribution in [3.63, 3.8) is 0 Å². The summed E-state index contributed by atoms with van der Waals surface area (Å²) in [5.41, 5.74) is 10.8. The molecule has 9 nitrogen and oxygen atoms in total. The topological polar surface area (TPSA) is 172 Å². The fourth-order valence-electron chi connectivity index (χ4n) is 2.20. The molecule has 28 heavy (non-hydrogen) atoms. The Labute approximate surface area is 166 Å². The summed E-state index contributed by atoms with van der Waals surface area (Å²) in [7, 11) is -3.67. The molecule has 0 amide bonds. The Kier molecular flexibility index (Phi) is 7.99. The predicted octanol–water partition coefficient (Wildman–Crippen LogP) is 2.32. The molecule has 0 aliphatic carbocycles. The van der Waals surface area contributed by atoms with Crippen LogP contribution in [0.5, 0.6) is 0 Å². The van der Waals surface area contributed by atoms with E-state index in [-0.39, 0.29) is 11.7 Å². The second kappa shape index (κ2) is 9.74. The summed E-state index contributed by atoms with van der Waals surface area (Å²) in [5.74, 6) is -1.30. The van der Waals surface area contributed by atoms with E-state index in [2.05, 4.69) is 11.5 Å². The maximum absolute atomic E-state index is 11.4. The van der Waals surface area contributed by atoms with Gasteiger partial charge in [0.25, 0.3) is 10.1 Å². The molecule has 3 rings (SSSR count). The van der Waals surface area contributed by atoms with Gasteiger partial charge in [-0.25, -0.2) is 4.79 Å². The van der Waals surface area contributed by atoms with Crippen molar-refractivity contribution in [3.05, 3.63) is 65.3 Å². The van der Waals surface area contributed by atoms with Crippen LogP contribution in [0.3, 0.4) is 0 Å². The number of carboxylic acid groups (broad SMARTS) is 1. The minimum absolute atomic E-state index is 0.225. The van der Waals surface area contributed by atoms with Crippen LogP contribution >= 0.6 is 11.6 Å². The number of carboxylic acids is 1. The molecular weight excluding hydrogens is 408 g/mol. The maximum atomic E-state index is 11.4. The van der Waals surface area contributed by atoms with Crippen molar-refractivity contribution >= 4 is 44.6 Å². The largest absolute Gasteiger partial charge is 0.477 e. The van der Waals surface area contributed by atoms with E-state index in [4.69, 9.17) is 21.6 Å². The van der Waals surface area contributed by atoms with Gasteiger partial charge in [0.1, 0.15) is 5.69 Å². The van der Waals surface area contributed by atoms with Gasteiger partial charge in [0.2, 0.25) is 0 Å². The third-order valence-corrected chi connectivity index (χ3v) is 3.23. The van der Waals surface area contributed by atoms with Crippen LogP contribution in [-0.4, -0.2) is 40.8 Å².